The number of hydrogen-bond donors (Lipinski definition) is 3. The van der Waals surface area contributed by atoms with Gasteiger partial charge in [0.25, 0.3) is 11.5 Å². The van der Waals surface area contributed by atoms with Gasteiger partial charge in [0.05, 0.1) is 11.5 Å². The van der Waals surface area contributed by atoms with Crippen molar-refractivity contribution in [3.8, 4) is 0 Å². The predicted molar refractivity (Wildman–Crippen MR) is 82.9 cm³/mol. The third-order valence-corrected chi connectivity index (χ3v) is 3.64. The molecule has 120 valence electrons. The van der Waals surface area contributed by atoms with Gasteiger partial charge < -0.3 is 0 Å². The number of thioether (sulfide) groups is 1. The van der Waals surface area contributed by atoms with Gasteiger partial charge in [0.1, 0.15) is 5.82 Å². The van der Waals surface area contributed by atoms with Crippen LogP contribution in [0, 0.1) is 5.82 Å². The maximum Gasteiger partial charge on any atom is 0.342 e. The molecule has 1 atom stereocenters. The van der Waals surface area contributed by atoms with E-state index >= 15 is 0 Å². The predicted octanol–water partition coefficient (Wildman–Crippen LogP) is 0.228. The summed E-state index contributed by atoms with van der Waals surface area (Å²) < 4.78 is 13.0. The van der Waals surface area contributed by atoms with Crippen LogP contribution in [0.25, 0.3) is 0 Å². The topological polar surface area (TPSA) is 120 Å². The Balaban J connectivity index is 1.95. The number of amides is 1. The molecule has 1 unspecified atom stereocenters. The van der Waals surface area contributed by atoms with Crippen molar-refractivity contribution in [1.82, 2.24) is 20.6 Å². The molecule has 23 heavy (non-hydrogen) atoms. The summed E-state index contributed by atoms with van der Waals surface area (Å²) in [6.45, 7) is 1.55. The molecule has 0 saturated carbocycles. The minimum absolute atomic E-state index is 0.0404. The molecule has 3 N–H and O–H groups in total. The monoisotopic (exact) mass is 337 g/mol. The van der Waals surface area contributed by atoms with Gasteiger partial charge >= 0.3 is 5.69 Å². The number of carbonyl (C=O) groups is 1. The molecule has 8 nitrogen and oxygen atoms in total. The first-order valence-corrected chi connectivity index (χ1v) is 7.28. The fourth-order valence-corrected chi connectivity index (χ4v) is 2.24. The second-order valence-corrected chi connectivity index (χ2v) is 5.69. The maximum absolute atomic E-state index is 13.0. The van der Waals surface area contributed by atoms with Crippen LogP contribution in [0.1, 0.15) is 12.5 Å². The number of benzene rings is 1. The second-order valence-electron chi connectivity index (χ2n) is 4.36. The maximum atomic E-state index is 13.0. The van der Waals surface area contributed by atoms with Gasteiger partial charge in [0, 0.05) is 0 Å². The molecule has 1 heterocycles. The Labute approximate surface area is 133 Å². The molecule has 2 rings (SSSR count). The number of nitrogens with one attached hydrogen (secondary N) is 3. The van der Waals surface area contributed by atoms with Crippen LogP contribution in [0.2, 0.25) is 0 Å². The van der Waals surface area contributed by atoms with Crippen LogP contribution < -0.4 is 16.7 Å². The number of aromatic amines is 2. The van der Waals surface area contributed by atoms with Crippen molar-refractivity contribution in [1.29, 1.82) is 0 Å². The van der Waals surface area contributed by atoms with Crippen LogP contribution in [0.4, 0.5) is 4.39 Å². The van der Waals surface area contributed by atoms with Crippen molar-refractivity contribution in [2.45, 2.75) is 17.2 Å². The number of carbonyl (C=O) groups excluding carboxylic acids is 1. The molecule has 0 bridgehead atoms. The minimum atomic E-state index is -0.726. The molecule has 10 heteroatoms. The summed E-state index contributed by atoms with van der Waals surface area (Å²) in [4.78, 5) is 36.2. The van der Waals surface area contributed by atoms with E-state index in [1.54, 1.807) is 13.0 Å². The lowest BCUT2D eigenvalue weighted by Gasteiger charge is -2.07. The third-order valence-electron chi connectivity index (χ3n) is 2.57. The molecule has 0 aliphatic carbocycles. The number of hydrazone groups is 1. The largest absolute Gasteiger partial charge is 0.342 e. The average Bonchev–Trinajstić information content (AvgIpc) is 2.50. The first kappa shape index (κ1) is 16.6. The van der Waals surface area contributed by atoms with Crippen molar-refractivity contribution in [2.24, 2.45) is 5.10 Å². The summed E-state index contributed by atoms with van der Waals surface area (Å²) >= 11 is 0.865. The van der Waals surface area contributed by atoms with Crippen LogP contribution in [0.5, 0.6) is 0 Å². The van der Waals surface area contributed by atoms with E-state index in [2.05, 4.69) is 20.7 Å². The normalized spacial score (nSPS) is 12.3. The molecular formula is C13H12FN5O3S. The Morgan fingerprint density at radius 2 is 2.26 bits per heavy atom. The lowest BCUT2D eigenvalue weighted by Crippen LogP contribution is -2.30. The molecule has 0 aliphatic rings. The summed E-state index contributed by atoms with van der Waals surface area (Å²) in [6, 6.07) is 5.70. The summed E-state index contributed by atoms with van der Waals surface area (Å²) in [5, 5.41) is 8.63. The number of nitrogens with zero attached hydrogens (tertiary/aromatic N) is 2. The highest BCUT2D eigenvalue weighted by Crippen LogP contribution is 2.16. The fourth-order valence-electron chi connectivity index (χ4n) is 1.49. The first-order chi connectivity index (χ1) is 11.0. The number of aromatic nitrogens is 3. The minimum Gasteiger partial charge on any atom is -0.272 e. The van der Waals surface area contributed by atoms with Crippen LogP contribution in [0.15, 0.2) is 44.0 Å². The van der Waals surface area contributed by atoms with E-state index in [4.69, 9.17) is 0 Å². The van der Waals surface area contributed by atoms with E-state index in [0.29, 0.717) is 5.56 Å². The van der Waals surface area contributed by atoms with Crippen molar-refractivity contribution in [2.75, 3.05) is 0 Å². The number of hydrogen-bond acceptors (Lipinski definition) is 6. The highest BCUT2D eigenvalue weighted by molar-refractivity contribution is 8.00. The van der Waals surface area contributed by atoms with Crippen molar-refractivity contribution in [3.63, 3.8) is 0 Å². The molecule has 0 radical (unpaired) electrons. The Hall–Kier alpha value is -2.75. The van der Waals surface area contributed by atoms with Crippen LogP contribution in [0.3, 0.4) is 0 Å². The number of H-pyrrole nitrogens is 2. The molecule has 1 aromatic heterocycles. The molecule has 1 aromatic carbocycles. The van der Waals surface area contributed by atoms with E-state index in [1.807, 2.05) is 4.98 Å². The smallest absolute Gasteiger partial charge is 0.272 e. The molecule has 0 spiro atoms. The van der Waals surface area contributed by atoms with E-state index in [1.165, 1.54) is 24.4 Å². The van der Waals surface area contributed by atoms with Gasteiger partial charge in [-0.1, -0.05) is 23.9 Å². The van der Waals surface area contributed by atoms with Crippen LogP contribution in [-0.2, 0) is 4.79 Å². The van der Waals surface area contributed by atoms with Gasteiger partial charge in [-0.3, -0.25) is 14.6 Å². The Bertz CT molecular complexity index is 848. The first-order valence-electron chi connectivity index (χ1n) is 6.40. The summed E-state index contributed by atoms with van der Waals surface area (Å²) in [5.41, 5.74) is 1.36. The van der Waals surface area contributed by atoms with Gasteiger partial charge in [0.15, 0.2) is 5.03 Å². The van der Waals surface area contributed by atoms with Crippen molar-refractivity contribution < 1.29 is 9.18 Å². The quantitative estimate of drug-likeness (QED) is 0.410. The van der Waals surface area contributed by atoms with Gasteiger partial charge in [-0.25, -0.2) is 19.7 Å². The third kappa shape index (κ3) is 4.88. The average molecular weight is 337 g/mol. The van der Waals surface area contributed by atoms with Crippen molar-refractivity contribution in [3.05, 3.63) is 56.5 Å². The van der Waals surface area contributed by atoms with E-state index < -0.39 is 28.2 Å². The van der Waals surface area contributed by atoms with Gasteiger partial charge in [-0.15, -0.1) is 0 Å². The molecule has 0 fully saturated rings. The van der Waals surface area contributed by atoms with Gasteiger partial charge in [-0.05, 0) is 24.6 Å². The summed E-state index contributed by atoms with van der Waals surface area (Å²) in [6.07, 6.45) is 1.30. The highest BCUT2D eigenvalue weighted by atomic mass is 32.2. The van der Waals surface area contributed by atoms with Gasteiger partial charge in [0.2, 0.25) is 0 Å². The Kier molecular flexibility index (Phi) is 5.41. The van der Waals surface area contributed by atoms with E-state index in [0.717, 1.165) is 11.8 Å². The summed E-state index contributed by atoms with van der Waals surface area (Å²) in [7, 11) is 0. The standard InChI is InChI=1S/C13H12FN5O3S/c1-7(23-12-11(21)16-13(22)19-18-12)10(20)17-15-6-8-3-2-4-9(14)5-8/h2-7H,1H3,(H,17,20)(H2,16,19,21,22)/b15-6+. The molecular weight excluding hydrogens is 325 g/mol. The lowest BCUT2D eigenvalue weighted by molar-refractivity contribution is -0.120. The van der Waals surface area contributed by atoms with E-state index in [-0.39, 0.29) is 5.03 Å². The molecule has 0 aliphatic heterocycles. The lowest BCUT2D eigenvalue weighted by atomic mass is 10.2. The SMILES string of the molecule is CC(Sc1n[nH]c(=O)[nH]c1=O)C(=O)N/N=C/c1cccc(F)c1. The molecule has 1 amide bonds. The number of rotatable bonds is 5. The molecule has 2 aromatic rings. The van der Waals surface area contributed by atoms with Crippen molar-refractivity contribution >= 4 is 23.9 Å². The fraction of sp³-hybridized carbons (Fsp3) is 0.154. The Morgan fingerprint density at radius 3 is 2.96 bits per heavy atom. The highest BCUT2D eigenvalue weighted by Gasteiger charge is 2.16. The second kappa shape index (κ2) is 7.49. The van der Waals surface area contributed by atoms with Crippen LogP contribution in [-0.4, -0.2) is 32.6 Å². The number of halogens is 1. The van der Waals surface area contributed by atoms with Gasteiger partial charge in [-0.2, -0.15) is 10.2 Å². The Morgan fingerprint density at radius 1 is 1.48 bits per heavy atom. The van der Waals surface area contributed by atoms with E-state index in [9.17, 15) is 18.8 Å². The zero-order chi connectivity index (χ0) is 16.8. The molecule has 0 saturated heterocycles. The zero-order valence-corrected chi connectivity index (χ0v) is 12.7. The summed E-state index contributed by atoms with van der Waals surface area (Å²) in [5.74, 6) is -0.886. The van der Waals surface area contributed by atoms with Crippen LogP contribution >= 0.6 is 11.8 Å². The zero-order valence-electron chi connectivity index (χ0n) is 11.9.